The highest BCUT2D eigenvalue weighted by molar-refractivity contribution is 5.50. The van der Waals surface area contributed by atoms with Crippen molar-refractivity contribution in [2.75, 3.05) is 0 Å². The molecule has 0 spiro atoms. The zero-order valence-corrected chi connectivity index (χ0v) is 28.8. The molecule has 4 nitrogen and oxygen atoms in total. The molecule has 252 valence electrons. The third-order valence-corrected chi connectivity index (χ3v) is 10.6. The first kappa shape index (κ1) is 33.6. The third-order valence-electron chi connectivity index (χ3n) is 10.6. The van der Waals surface area contributed by atoms with Gasteiger partial charge in [-0.2, -0.15) is 0 Å². The fraction of sp³-hybridized carbons (Fsp3) is 0.217. The van der Waals surface area contributed by atoms with Crippen molar-refractivity contribution >= 4 is 0 Å². The molecule has 7 rings (SSSR count). The first-order valence-corrected chi connectivity index (χ1v) is 17.3. The van der Waals surface area contributed by atoms with Crippen LogP contribution in [0.1, 0.15) is 60.6 Å². The summed E-state index contributed by atoms with van der Waals surface area (Å²) in [6, 6.07) is 59.4. The van der Waals surface area contributed by atoms with Crippen molar-refractivity contribution < 1.29 is 19.7 Å². The summed E-state index contributed by atoms with van der Waals surface area (Å²) in [7, 11) is 0. The number of hydrogen-bond acceptors (Lipinski definition) is 4. The summed E-state index contributed by atoms with van der Waals surface area (Å²) in [5.41, 5.74) is -1.06. The number of rotatable bonds is 10. The molecule has 0 bridgehead atoms. The van der Waals surface area contributed by atoms with Gasteiger partial charge in [-0.05, 0) is 54.2 Å². The van der Waals surface area contributed by atoms with E-state index in [9.17, 15) is 10.2 Å². The lowest BCUT2D eigenvalue weighted by Crippen LogP contribution is -2.65. The Kier molecular flexibility index (Phi) is 8.83. The minimum absolute atomic E-state index is 0.0321. The lowest BCUT2D eigenvalue weighted by molar-refractivity contribution is -0.186. The van der Waals surface area contributed by atoms with Crippen LogP contribution in [0.25, 0.3) is 0 Å². The van der Waals surface area contributed by atoms with Crippen LogP contribution in [0, 0.1) is 0 Å². The van der Waals surface area contributed by atoms with E-state index in [-0.39, 0.29) is 6.42 Å². The molecule has 2 unspecified atom stereocenters. The van der Waals surface area contributed by atoms with Gasteiger partial charge in [0.2, 0.25) is 0 Å². The SMILES string of the molecule is CC1(C)OC(C(O)(c2ccccc2)c2ccccc2)C(CC(O)(c2ccccc2)c2ccccc2)(C(C)(c2ccccc2)c2ccccc2)O1. The summed E-state index contributed by atoms with van der Waals surface area (Å²) in [5.74, 6) is -1.18. The quantitative estimate of drug-likeness (QED) is 0.154. The molecule has 0 aromatic heterocycles. The molecule has 0 aliphatic carbocycles. The van der Waals surface area contributed by atoms with Gasteiger partial charge in [0, 0.05) is 11.8 Å². The number of hydrogen-bond donors (Lipinski definition) is 2. The average Bonchev–Trinajstić information content (AvgIpc) is 3.47. The minimum atomic E-state index is -1.73. The van der Waals surface area contributed by atoms with Crippen LogP contribution < -0.4 is 0 Å². The van der Waals surface area contributed by atoms with Crippen molar-refractivity contribution in [1.29, 1.82) is 0 Å². The lowest BCUT2D eigenvalue weighted by Gasteiger charge is -2.54. The van der Waals surface area contributed by atoms with Gasteiger partial charge in [-0.1, -0.05) is 182 Å². The van der Waals surface area contributed by atoms with E-state index < -0.39 is 34.1 Å². The molecule has 1 saturated heterocycles. The molecule has 1 aliphatic heterocycles. The Hall–Kier alpha value is -4.84. The van der Waals surface area contributed by atoms with E-state index in [1.54, 1.807) is 0 Å². The maximum atomic E-state index is 13.7. The molecule has 50 heavy (non-hydrogen) atoms. The highest BCUT2D eigenvalue weighted by Crippen LogP contribution is 2.61. The summed E-state index contributed by atoms with van der Waals surface area (Å²) < 4.78 is 14.7. The van der Waals surface area contributed by atoms with E-state index in [2.05, 4.69) is 31.2 Å². The second-order valence-corrected chi connectivity index (χ2v) is 14.0. The fourth-order valence-electron chi connectivity index (χ4n) is 8.22. The highest BCUT2D eigenvalue weighted by atomic mass is 16.8. The van der Waals surface area contributed by atoms with Crippen molar-refractivity contribution in [1.82, 2.24) is 0 Å². The van der Waals surface area contributed by atoms with Crippen LogP contribution in [0.15, 0.2) is 182 Å². The molecule has 1 aliphatic rings. The Morgan fingerprint density at radius 1 is 0.480 bits per heavy atom. The van der Waals surface area contributed by atoms with E-state index in [0.29, 0.717) is 22.3 Å². The highest BCUT2D eigenvalue weighted by Gasteiger charge is 2.71. The van der Waals surface area contributed by atoms with Crippen molar-refractivity contribution in [3.63, 3.8) is 0 Å². The van der Waals surface area contributed by atoms with Gasteiger partial charge in [0.15, 0.2) is 5.79 Å². The van der Waals surface area contributed by atoms with Crippen molar-refractivity contribution in [3.05, 3.63) is 215 Å². The zero-order chi connectivity index (χ0) is 34.9. The fourth-order valence-corrected chi connectivity index (χ4v) is 8.22. The number of ether oxygens (including phenoxy) is 2. The second kappa shape index (κ2) is 13.1. The molecule has 2 N–H and O–H groups in total. The first-order chi connectivity index (χ1) is 24.1. The van der Waals surface area contributed by atoms with Gasteiger partial charge in [-0.3, -0.25) is 0 Å². The van der Waals surface area contributed by atoms with Crippen LogP contribution in [-0.4, -0.2) is 27.7 Å². The molecule has 1 heterocycles. The summed E-state index contributed by atoms with van der Waals surface area (Å²) in [5, 5.41) is 27.2. The monoisotopic (exact) mass is 660 g/mol. The Bertz CT molecular complexity index is 1860. The molecule has 6 aromatic carbocycles. The van der Waals surface area contributed by atoms with E-state index in [0.717, 1.165) is 11.1 Å². The molecular weight excluding hydrogens is 617 g/mol. The predicted molar refractivity (Wildman–Crippen MR) is 198 cm³/mol. The Balaban J connectivity index is 1.63. The maximum Gasteiger partial charge on any atom is 0.164 e. The molecule has 2 atom stereocenters. The van der Waals surface area contributed by atoms with Gasteiger partial charge in [0.05, 0.1) is 0 Å². The van der Waals surface area contributed by atoms with Gasteiger partial charge >= 0.3 is 0 Å². The molecule has 0 radical (unpaired) electrons. The average molecular weight is 661 g/mol. The summed E-state index contributed by atoms with van der Waals surface area (Å²) in [6.07, 6.45) is -1.01. The zero-order valence-electron chi connectivity index (χ0n) is 28.8. The first-order valence-electron chi connectivity index (χ1n) is 17.3. The number of benzene rings is 6. The van der Waals surface area contributed by atoms with Crippen LogP contribution in [0.5, 0.6) is 0 Å². The standard InChI is InChI=1S/C46H44O4/c1-42(2)49-41(46(48,39-30-18-8-19-31-39)40-32-20-9-21-33-40)45(50-42,43(3,35-22-10-4-11-23-35)36-24-12-5-13-25-36)34-44(47,37-26-14-6-15-27-37)38-28-16-7-17-29-38/h4-33,41,47-48H,34H2,1-3H3. The van der Waals surface area contributed by atoms with Crippen molar-refractivity contribution in [2.45, 2.75) is 61.3 Å². The predicted octanol–water partition coefficient (Wildman–Crippen LogP) is 9.15. The van der Waals surface area contributed by atoms with E-state index >= 15 is 0 Å². The molecule has 6 aromatic rings. The summed E-state index contributed by atoms with van der Waals surface area (Å²) in [6.45, 7) is 5.97. The molecule has 0 amide bonds. The Morgan fingerprint density at radius 3 is 1.12 bits per heavy atom. The lowest BCUT2D eigenvalue weighted by atomic mass is 9.55. The van der Waals surface area contributed by atoms with Gasteiger partial charge in [-0.15, -0.1) is 0 Å². The second-order valence-electron chi connectivity index (χ2n) is 14.0. The molecule has 0 saturated carbocycles. The molecule has 1 fully saturated rings. The van der Waals surface area contributed by atoms with Crippen LogP contribution in [0.3, 0.4) is 0 Å². The third kappa shape index (κ3) is 5.59. The van der Waals surface area contributed by atoms with Gasteiger partial charge in [0.1, 0.15) is 22.9 Å². The topological polar surface area (TPSA) is 58.9 Å². The van der Waals surface area contributed by atoms with E-state index in [1.165, 1.54) is 0 Å². The minimum Gasteiger partial charge on any atom is -0.380 e. The van der Waals surface area contributed by atoms with Crippen LogP contribution in [-0.2, 0) is 26.1 Å². The van der Waals surface area contributed by atoms with Gasteiger partial charge in [0.25, 0.3) is 0 Å². The molecular formula is C46H44O4. The smallest absolute Gasteiger partial charge is 0.164 e. The summed E-state index contributed by atoms with van der Waals surface area (Å²) >= 11 is 0. The van der Waals surface area contributed by atoms with Gasteiger partial charge in [-0.25, -0.2) is 0 Å². The Labute approximate surface area is 295 Å². The normalized spacial score (nSPS) is 19.3. The summed E-state index contributed by atoms with van der Waals surface area (Å²) in [4.78, 5) is 0. The maximum absolute atomic E-state index is 13.7. The van der Waals surface area contributed by atoms with Crippen molar-refractivity contribution in [2.24, 2.45) is 0 Å². The molecule has 4 heteroatoms. The van der Waals surface area contributed by atoms with Gasteiger partial charge < -0.3 is 19.7 Å². The van der Waals surface area contributed by atoms with E-state index in [4.69, 9.17) is 9.47 Å². The van der Waals surface area contributed by atoms with Crippen LogP contribution >= 0.6 is 0 Å². The van der Waals surface area contributed by atoms with Crippen LogP contribution in [0.4, 0.5) is 0 Å². The largest absolute Gasteiger partial charge is 0.380 e. The van der Waals surface area contributed by atoms with Crippen LogP contribution in [0.2, 0.25) is 0 Å². The Morgan fingerprint density at radius 2 is 0.780 bits per heavy atom. The van der Waals surface area contributed by atoms with Crippen molar-refractivity contribution in [3.8, 4) is 0 Å². The van der Waals surface area contributed by atoms with E-state index in [1.807, 2.05) is 172 Å². The number of aliphatic hydroxyl groups is 2.